The molecular formula is C10H23NO3. The predicted molar refractivity (Wildman–Crippen MR) is 56.3 cm³/mol. The summed E-state index contributed by atoms with van der Waals surface area (Å²) >= 11 is 0. The third-order valence-corrected chi connectivity index (χ3v) is 2.22. The molecule has 4 nitrogen and oxygen atoms in total. The highest BCUT2D eigenvalue weighted by Crippen LogP contribution is 1.96. The zero-order valence-corrected chi connectivity index (χ0v) is 9.28. The SMILES string of the molecule is CCC(C)OCCN(CCO)CCO. The molecule has 0 fully saturated rings. The van der Waals surface area contributed by atoms with Gasteiger partial charge in [0.2, 0.25) is 0 Å². The molecule has 0 aliphatic carbocycles. The van der Waals surface area contributed by atoms with E-state index in [-0.39, 0.29) is 13.2 Å². The van der Waals surface area contributed by atoms with Crippen LogP contribution in [0.5, 0.6) is 0 Å². The van der Waals surface area contributed by atoms with Crippen molar-refractivity contribution in [3.63, 3.8) is 0 Å². The van der Waals surface area contributed by atoms with Crippen LogP contribution in [0.15, 0.2) is 0 Å². The second kappa shape index (κ2) is 9.40. The Morgan fingerprint density at radius 3 is 2.14 bits per heavy atom. The van der Waals surface area contributed by atoms with E-state index in [2.05, 4.69) is 6.92 Å². The van der Waals surface area contributed by atoms with Crippen molar-refractivity contribution in [2.45, 2.75) is 26.4 Å². The van der Waals surface area contributed by atoms with E-state index in [0.717, 1.165) is 13.0 Å². The fourth-order valence-corrected chi connectivity index (χ4v) is 1.12. The lowest BCUT2D eigenvalue weighted by molar-refractivity contribution is 0.0400. The molecule has 0 amide bonds. The largest absolute Gasteiger partial charge is 0.395 e. The zero-order chi connectivity index (χ0) is 10.8. The highest BCUT2D eigenvalue weighted by molar-refractivity contribution is 4.56. The molecule has 1 atom stereocenters. The minimum atomic E-state index is 0.128. The van der Waals surface area contributed by atoms with Crippen molar-refractivity contribution in [3.05, 3.63) is 0 Å². The highest BCUT2D eigenvalue weighted by atomic mass is 16.5. The number of hydrogen-bond acceptors (Lipinski definition) is 4. The van der Waals surface area contributed by atoms with E-state index in [1.165, 1.54) is 0 Å². The van der Waals surface area contributed by atoms with Gasteiger partial charge < -0.3 is 14.9 Å². The Balaban J connectivity index is 3.49. The number of hydrogen-bond donors (Lipinski definition) is 2. The minimum absolute atomic E-state index is 0.128. The van der Waals surface area contributed by atoms with Gasteiger partial charge in [0.15, 0.2) is 0 Å². The van der Waals surface area contributed by atoms with Gasteiger partial charge in [0.25, 0.3) is 0 Å². The highest BCUT2D eigenvalue weighted by Gasteiger charge is 2.04. The average Bonchev–Trinajstić information content (AvgIpc) is 2.18. The molecule has 0 spiro atoms. The molecule has 0 aromatic rings. The zero-order valence-electron chi connectivity index (χ0n) is 9.28. The van der Waals surface area contributed by atoms with Crippen LogP contribution in [0.1, 0.15) is 20.3 Å². The van der Waals surface area contributed by atoms with Gasteiger partial charge in [0, 0.05) is 19.6 Å². The second-order valence-corrected chi connectivity index (χ2v) is 3.38. The molecule has 0 aromatic carbocycles. The van der Waals surface area contributed by atoms with Crippen molar-refractivity contribution in [2.75, 3.05) is 39.5 Å². The van der Waals surface area contributed by atoms with Gasteiger partial charge in [0.05, 0.1) is 25.9 Å². The first-order valence-corrected chi connectivity index (χ1v) is 5.30. The van der Waals surface area contributed by atoms with Crippen molar-refractivity contribution >= 4 is 0 Å². The molecule has 0 aromatic heterocycles. The van der Waals surface area contributed by atoms with Gasteiger partial charge in [-0.2, -0.15) is 0 Å². The summed E-state index contributed by atoms with van der Waals surface area (Å²) in [6.07, 6.45) is 1.31. The predicted octanol–water partition coefficient (Wildman–Crippen LogP) is 0.0881. The van der Waals surface area contributed by atoms with Crippen LogP contribution in [0, 0.1) is 0 Å². The van der Waals surface area contributed by atoms with Crippen LogP contribution >= 0.6 is 0 Å². The maximum Gasteiger partial charge on any atom is 0.0597 e. The summed E-state index contributed by atoms with van der Waals surface area (Å²) in [5.41, 5.74) is 0. The summed E-state index contributed by atoms with van der Waals surface area (Å²) in [7, 11) is 0. The van der Waals surface area contributed by atoms with E-state index >= 15 is 0 Å². The molecule has 0 aliphatic rings. The summed E-state index contributed by atoms with van der Waals surface area (Å²) in [4.78, 5) is 1.99. The number of ether oxygens (including phenoxy) is 1. The molecule has 0 bridgehead atoms. The number of aliphatic hydroxyl groups is 2. The van der Waals surface area contributed by atoms with E-state index in [0.29, 0.717) is 25.8 Å². The van der Waals surface area contributed by atoms with Gasteiger partial charge in [0.1, 0.15) is 0 Å². The quantitative estimate of drug-likeness (QED) is 0.560. The third kappa shape index (κ3) is 7.26. The summed E-state index contributed by atoms with van der Waals surface area (Å²) < 4.78 is 5.51. The van der Waals surface area contributed by atoms with E-state index in [9.17, 15) is 0 Å². The molecule has 4 heteroatoms. The average molecular weight is 205 g/mol. The maximum atomic E-state index is 8.75. The molecule has 0 saturated heterocycles. The van der Waals surface area contributed by atoms with Gasteiger partial charge in [-0.15, -0.1) is 0 Å². The van der Waals surface area contributed by atoms with Gasteiger partial charge >= 0.3 is 0 Å². The molecule has 0 heterocycles. The molecule has 0 saturated carbocycles. The van der Waals surface area contributed by atoms with Gasteiger partial charge in [-0.05, 0) is 13.3 Å². The molecule has 2 N–H and O–H groups in total. The van der Waals surface area contributed by atoms with E-state index in [1.54, 1.807) is 0 Å². The normalized spacial score (nSPS) is 13.5. The van der Waals surface area contributed by atoms with Crippen molar-refractivity contribution < 1.29 is 14.9 Å². The molecule has 86 valence electrons. The van der Waals surface area contributed by atoms with Gasteiger partial charge in [-0.25, -0.2) is 0 Å². The topological polar surface area (TPSA) is 52.9 Å². The van der Waals surface area contributed by atoms with Crippen molar-refractivity contribution in [1.29, 1.82) is 0 Å². The van der Waals surface area contributed by atoms with Gasteiger partial charge in [-0.1, -0.05) is 6.92 Å². The summed E-state index contributed by atoms with van der Waals surface area (Å²) in [5, 5.41) is 17.5. The third-order valence-electron chi connectivity index (χ3n) is 2.22. The van der Waals surface area contributed by atoms with Crippen molar-refractivity contribution in [2.24, 2.45) is 0 Å². The molecule has 0 rings (SSSR count). The first-order chi connectivity index (χ1) is 6.74. The Morgan fingerprint density at radius 1 is 1.14 bits per heavy atom. The smallest absolute Gasteiger partial charge is 0.0597 e. The molecule has 14 heavy (non-hydrogen) atoms. The monoisotopic (exact) mass is 205 g/mol. The summed E-state index contributed by atoms with van der Waals surface area (Å²) in [6, 6.07) is 0. The van der Waals surface area contributed by atoms with Crippen molar-refractivity contribution in [1.82, 2.24) is 4.90 Å². The first kappa shape index (κ1) is 13.8. The van der Waals surface area contributed by atoms with E-state index in [1.807, 2.05) is 11.8 Å². The number of nitrogens with zero attached hydrogens (tertiary/aromatic N) is 1. The van der Waals surface area contributed by atoms with Crippen molar-refractivity contribution in [3.8, 4) is 0 Å². The molecule has 0 radical (unpaired) electrons. The second-order valence-electron chi connectivity index (χ2n) is 3.38. The Bertz CT molecular complexity index is 116. The first-order valence-electron chi connectivity index (χ1n) is 5.30. The minimum Gasteiger partial charge on any atom is -0.395 e. The van der Waals surface area contributed by atoms with Crippen LogP contribution in [0.3, 0.4) is 0 Å². The van der Waals surface area contributed by atoms with Crippen LogP contribution in [-0.2, 0) is 4.74 Å². The van der Waals surface area contributed by atoms with Crippen LogP contribution in [0.2, 0.25) is 0 Å². The Morgan fingerprint density at radius 2 is 1.71 bits per heavy atom. The van der Waals surface area contributed by atoms with E-state index < -0.39 is 0 Å². The van der Waals surface area contributed by atoms with E-state index in [4.69, 9.17) is 14.9 Å². The van der Waals surface area contributed by atoms with Crippen LogP contribution in [-0.4, -0.2) is 60.7 Å². The Hall–Kier alpha value is -0.160. The summed E-state index contributed by atoms with van der Waals surface area (Å²) in [5.74, 6) is 0. The molecule has 0 aliphatic heterocycles. The fraction of sp³-hybridized carbons (Fsp3) is 1.00. The van der Waals surface area contributed by atoms with Crippen LogP contribution < -0.4 is 0 Å². The Kier molecular flexibility index (Phi) is 9.29. The lowest BCUT2D eigenvalue weighted by Gasteiger charge is -2.21. The van der Waals surface area contributed by atoms with Crippen LogP contribution in [0.25, 0.3) is 0 Å². The lowest BCUT2D eigenvalue weighted by Crippen LogP contribution is -2.33. The lowest BCUT2D eigenvalue weighted by atomic mass is 10.3. The van der Waals surface area contributed by atoms with Crippen LogP contribution in [0.4, 0.5) is 0 Å². The Labute approximate surface area is 86.5 Å². The summed E-state index contributed by atoms with van der Waals surface area (Å²) in [6.45, 7) is 7.02. The fourth-order valence-electron chi connectivity index (χ4n) is 1.12. The maximum absolute atomic E-state index is 8.75. The standard InChI is InChI=1S/C10H23NO3/c1-3-10(2)14-9-6-11(4-7-12)5-8-13/h10,12-13H,3-9H2,1-2H3. The molecular weight excluding hydrogens is 182 g/mol. The number of aliphatic hydroxyl groups excluding tert-OH is 2. The number of rotatable bonds is 9. The van der Waals surface area contributed by atoms with Gasteiger partial charge in [-0.3, -0.25) is 4.90 Å². The molecule has 1 unspecified atom stereocenters.